The summed E-state index contributed by atoms with van der Waals surface area (Å²) in [6.45, 7) is 0.901. The Bertz CT molecular complexity index is 861. The molecule has 2 aromatic rings. The van der Waals surface area contributed by atoms with Gasteiger partial charge in [-0.15, -0.1) is 0 Å². The molecule has 0 bridgehead atoms. The van der Waals surface area contributed by atoms with Gasteiger partial charge in [0, 0.05) is 31.4 Å². The van der Waals surface area contributed by atoms with Crippen molar-refractivity contribution in [2.75, 3.05) is 6.54 Å². The number of phenolic OH excluding ortho intramolecular Hbond substituents is 2. The van der Waals surface area contributed by atoms with E-state index in [1.807, 2.05) is 0 Å². The maximum Gasteiger partial charge on any atom is 0.222 e. The summed E-state index contributed by atoms with van der Waals surface area (Å²) in [5.74, 6) is -0.754. The number of fused-ring (bicyclic) bond motifs is 1. The van der Waals surface area contributed by atoms with E-state index in [9.17, 15) is 19.4 Å². The zero-order valence-corrected chi connectivity index (χ0v) is 17.0. The molecule has 8 heteroatoms. The number of nitrogens with zero attached hydrogens (tertiary/aromatic N) is 2. The maximum atomic E-state index is 13.2. The standard InChI is InChI=1S/C18H17Br2FN2O3/c19-15-12-5-7-23(9-13(12)16(20)18(26)17(15)25)14(24)3-1-2-11-8-10(21)4-6-22-11/h4,6,8,25-26H,1-3,5,7,9H2. The average molecular weight is 488 g/mol. The number of amides is 1. The molecule has 1 aromatic heterocycles. The molecule has 2 heterocycles. The van der Waals surface area contributed by atoms with Gasteiger partial charge < -0.3 is 15.1 Å². The van der Waals surface area contributed by atoms with Crippen molar-refractivity contribution in [3.05, 3.63) is 49.9 Å². The molecule has 3 rings (SSSR count). The number of carbonyl (C=O) groups excluding carboxylic acids is 1. The lowest BCUT2D eigenvalue weighted by Crippen LogP contribution is -2.36. The molecule has 1 aliphatic rings. The Hall–Kier alpha value is -1.67. The summed E-state index contributed by atoms with van der Waals surface area (Å²) in [5, 5.41) is 19.9. The third kappa shape index (κ3) is 3.86. The predicted molar refractivity (Wildman–Crippen MR) is 101 cm³/mol. The summed E-state index contributed by atoms with van der Waals surface area (Å²) in [4.78, 5) is 18.3. The summed E-state index contributed by atoms with van der Waals surface area (Å²) < 4.78 is 14.0. The van der Waals surface area contributed by atoms with Crippen LogP contribution < -0.4 is 0 Å². The maximum absolute atomic E-state index is 13.2. The number of aromatic hydroxyl groups is 2. The number of benzene rings is 1. The molecule has 0 saturated heterocycles. The number of phenols is 2. The summed E-state index contributed by atoms with van der Waals surface area (Å²) in [6.07, 6.45) is 3.48. The molecular weight excluding hydrogens is 471 g/mol. The van der Waals surface area contributed by atoms with Crippen LogP contribution in [-0.2, 0) is 24.2 Å². The van der Waals surface area contributed by atoms with Gasteiger partial charge in [0.1, 0.15) is 5.82 Å². The summed E-state index contributed by atoms with van der Waals surface area (Å²) in [6, 6.07) is 2.68. The Labute approximate surface area is 167 Å². The highest BCUT2D eigenvalue weighted by atomic mass is 79.9. The summed E-state index contributed by atoms with van der Waals surface area (Å²) >= 11 is 6.61. The van der Waals surface area contributed by atoms with Crippen LogP contribution >= 0.6 is 31.9 Å². The molecule has 0 unspecified atom stereocenters. The van der Waals surface area contributed by atoms with E-state index < -0.39 is 0 Å². The molecule has 0 spiro atoms. The highest BCUT2D eigenvalue weighted by molar-refractivity contribution is 9.11. The first kappa shape index (κ1) is 19.1. The Balaban J connectivity index is 1.64. The van der Waals surface area contributed by atoms with E-state index in [2.05, 4.69) is 36.8 Å². The van der Waals surface area contributed by atoms with Crippen molar-refractivity contribution in [2.45, 2.75) is 32.2 Å². The molecule has 1 aliphatic heterocycles. The van der Waals surface area contributed by atoms with Gasteiger partial charge in [-0.25, -0.2) is 4.39 Å². The zero-order chi connectivity index (χ0) is 18.8. The Kier molecular flexibility index (Phi) is 5.82. The van der Waals surface area contributed by atoms with Gasteiger partial charge in [0.05, 0.1) is 8.95 Å². The lowest BCUT2D eigenvalue weighted by atomic mass is 9.98. The normalized spacial score (nSPS) is 13.6. The molecule has 5 nitrogen and oxygen atoms in total. The van der Waals surface area contributed by atoms with E-state index in [1.54, 1.807) is 4.90 Å². The molecule has 138 valence electrons. The highest BCUT2D eigenvalue weighted by Gasteiger charge is 2.28. The van der Waals surface area contributed by atoms with Crippen molar-refractivity contribution >= 4 is 37.8 Å². The van der Waals surface area contributed by atoms with Crippen molar-refractivity contribution in [3.63, 3.8) is 0 Å². The van der Waals surface area contributed by atoms with E-state index in [0.29, 0.717) is 53.4 Å². The fraction of sp³-hybridized carbons (Fsp3) is 0.333. The van der Waals surface area contributed by atoms with Crippen molar-refractivity contribution in [1.29, 1.82) is 0 Å². The van der Waals surface area contributed by atoms with E-state index in [0.717, 1.165) is 11.1 Å². The van der Waals surface area contributed by atoms with Gasteiger partial charge in [0.2, 0.25) is 5.91 Å². The summed E-state index contributed by atoms with van der Waals surface area (Å²) in [5.41, 5.74) is 2.31. The largest absolute Gasteiger partial charge is 0.503 e. The molecule has 0 aliphatic carbocycles. The third-order valence-electron chi connectivity index (χ3n) is 4.47. The van der Waals surface area contributed by atoms with Gasteiger partial charge in [-0.2, -0.15) is 0 Å². The number of hydrogen-bond donors (Lipinski definition) is 2. The zero-order valence-electron chi connectivity index (χ0n) is 13.8. The van der Waals surface area contributed by atoms with Crippen LogP contribution in [0.1, 0.15) is 29.7 Å². The molecule has 0 atom stereocenters. The van der Waals surface area contributed by atoms with Crippen LogP contribution in [0.3, 0.4) is 0 Å². The molecule has 26 heavy (non-hydrogen) atoms. The van der Waals surface area contributed by atoms with Crippen LogP contribution in [0.25, 0.3) is 0 Å². The van der Waals surface area contributed by atoms with E-state index in [4.69, 9.17) is 0 Å². The second-order valence-corrected chi connectivity index (χ2v) is 7.75. The fourth-order valence-corrected chi connectivity index (χ4v) is 4.26. The van der Waals surface area contributed by atoms with Crippen molar-refractivity contribution in [3.8, 4) is 11.5 Å². The molecule has 1 aromatic carbocycles. The number of aromatic nitrogens is 1. The molecular formula is C18H17Br2FN2O3. The third-order valence-corrected chi connectivity index (χ3v) is 6.18. The minimum absolute atomic E-state index is 0.00244. The lowest BCUT2D eigenvalue weighted by molar-refractivity contribution is -0.132. The van der Waals surface area contributed by atoms with Crippen molar-refractivity contribution < 1.29 is 19.4 Å². The number of halogens is 3. The van der Waals surface area contributed by atoms with Crippen LogP contribution in [0.2, 0.25) is 0 Å². The highest BCUT2D eigenvalue weighted by Crippen LogP contribution is 2.46. The SMILES string of the molecule is O=C(CCCc1cc(F)ccn1)N1CCc2c(Br)c(O)c(O)c(Br)c2C1. The van der Waals surface area contributed by atoms with E-state index in [-0.39, 0.29) is 23.2 Å². The minimum Gasteiger partial charge on any atom is -0.503 e. The van der Waals surface area contributed by atoms with Crippen LogP contribution in [-0.4, -0.2) is 32.5 Å². The first-order chi connectivity index (χ1) is 12.4. The quantitative estimate of drug-likeness (QED) is 0.637. The lowest BCUT2D eigenvalue weighted by Gasteiger charge is -2.31. The molecule has 0 radical (unpaired) electrons. The van der Waals surface area contributed by atoms with Gasteiger partial charge >= 0.3 is 0 Å². The molecule has 2 N–H and O–H groups in total. The second kappa shape index (κ2) is 7.92. The number of aryl methyl sites for hydroxylation is 1. The van der Waals surface area contributed by atoms with Crippen LogP contribution in [0.5, 0.6) is 11.5 Å². The van der Waals surface area contributed by atoms with Gasteiger partial charge in [-0.05, 0) is 74.4 Å². The predicted octanol–water partition coefficient (Wildman–Crippen LogP) is 4.06. The van der Waals surface area contributed by atoms with Gasteiger partial charge in [-0.1, -0.05) is 0 Å². The van der Waals surface area contributed by atoms with Crippen LogP contribution in [0.15, 0.2) is 27.3 Å². The Morgan fingerprint density at radius 2 is 1.92 bits per heavy atom. The average Bonchev–Trinajstić information content (AvgIpc) is 2.64. The number of carbonyl (C=O) groups is 1. The van der Waals surface area contributed by atoms with Crippen molar-refractivity contribution in [2.24, 2.45) is 0 Å². The Morgan fingerprint density at radius 3 is 2.62 bits per heavy atom. The topological polar surface area (TPSA) is 73.7 Å². The van der Waals surface area contributed by atoms with E-state index in [1.165, 1.54) is 18.3 Å². The first-order valence-electron chi connectivity index (χ1n) is 8.17. The van der Waals surface area contributed by atoms with Crippen LogP contribution in [0, 0.1) is 5.82 Å². The van der Waals surface area contributed by atoms with Crippen molar-refractivity contribution in [1.82, 2.24) is 9.88 Å². The van der Waals surface area contributed by atoms with Crippen LogP contribution in [0.4, 0.5) is 4.39 Å². The Morgan fingerprint density at radius 1 is 1.23 bits per heavy atom. The number of pyridine rings is 1. The summed E-state index contributed by atoms with van der Waals surface area (Å²) in [7, 11) is 0. The second-order valence-electron chi connectivity index (χ2n) is 6.17. The molecule has 0 saturated carbocycles. The smallest absolute Gasteiger partial charge is 0.222 e. The minimum atomic E-state index is -0.326. The number of rotatable bonds is 4. The molecule has 0 fully saturated rings. The van der Waals surface area contributed by atoms with E-state index >= 15 is 0 Å². The monoisotopic (exact) mass is 486 g/mol. The fourth-order valence-electron chi connectivity index (χ4n) is 3.08. The van der Waals surface area contributed by atoms with Gasteiger partial charge in [-0.3, -0.25) is 9.78 Å². The number of hydrogen-bond acceptors (Lipinski definition) is 4. The first-order valence-corrected chi connectivity index (χ1v) is 9.76. The van der Waals surface area contributed by atoms with Gasteiger partial charge in [0.25, 0.3) is 0 Å². The van der Waals surface area contributed by atoms with Gasteiger partial charge in [0.15, 0.2) is 11.5 Å². The molecule has 1 amide bonds.